The van der Waals surface area contributed by atoms with Crippen molar-refractivity contribution in [1.82, 2.24) is 0 Å². The number of rotatable bonds is 0. The van der Waals surface area contributed by atoms with Gasteiger partial charge in [0.05, 0.1) is 0 Å². The number of nitrogens with two attached hydrogens (primary N) is 1. The molecule has 0 saturated carbocycles. The zero-order valence-electron chi connectivity index (χ0n) is 5.09. The van der Waals surface area contributed by atoms with Crippen LogP contribution in [0, 0.1) is 0 Å². The third-order valence-electron chi connectivity index (χ3n) is 1.34. The van der Waals surface area contributed by atoms with E-state index in [2.05, 4.69) is 20.0 Å². The molecule has 0 fully saturated rings. The van der Waals surface area contributed by atoms with Gasteiger partial charge in [0.15, 0.2) is 0 Å². The first-order valence-electron chi connectivity index (χ1n) is 2.93. The first-order valence-corrected chi connectivity index (χ1v) is 2.93. The number of allylic oxidation sites excluding steroid dienone is 3. The van der Waals surface area contributed by atoms with Gasteiger partial charge in [0, 0.05) is 5.70 Å². The van der Waals surface area contributed by atoms with Gasteiger partial charge in [-0.15, -0.1) is 0 Å². The van der Waals surface area contributed by atoms with Gasteiger partial charge in [-0.1, -0.05) is 12.2 Å². The monoisotopic (exact) mass is 107 g/mol. The summed E-state index contributed by atoms with van der Waals surface area (Å²) in [6, 6.07) is 0. The van der Waals surface area contributed by atoms with Gasteiger partial charge >= 0.3 is 0 Å². The number of hydrogen-bond acceptors (Lipinski definition) is 1. The van der Waals surface area contributed by atoms with Crippen molar-refractivity contribution in [3.8, 4) is 0 Å². The molecule has 0 aromatic heterocycles. The molecule has 0 spiro atoms. The summed E-state index contributed by atoms with van der Waals surface area (Å²) in [5.41, 5.74) is 6.38. The zero-order valence-corrected chi connectivity index (χ0v) is 5.09. The normalized spacial score (nSPS) is 27.5. The molecule has 1 atom stereocenters. The molecule has 42 valence electrons. The molecule has 1 unspecified atom stereocenters. The van der Waals surface area contributed by atoms with Gasteiger partial charge in [-0.05, 0) is 18.3 Å². The van der Waals surface area contributed by atoms with Crippen LogP contribution in [-0.4, -0.2) is 7.85 Å². The van der Waals surface area contributed by atoms with E-state index in [4.69, 9.17) is 5.73 Å². The molecule has 0 radical (unpaired) electrons. The Hall–Kier alpha value is -0.655. The third kappa shape index (κ3) is 1.16. The van der Waals surface area contributed by atoms with Crippen molar-refractivity contribution in [2.75, 3.05) is 0 Å². The van der Waals surface area contributed by atoms with Crippen LogP contribution in [0.5, 0.6) is 0 Å². The first kappa shape index (κ1) is 5.48. The molecule has 1 aliphatic carbocycles. The molecule has 0 saturated heterocycles. The second-order valence-electron chi connectivity index (χ2n) is 2.28. The summed E-state index contributed by atoms with van der Waals surface area (Å²) in [5, 5.41) is 0. The molecule has 2 N–H and O–H groups in total. The zero-order chi connectivity index (χ0) is 5.98. The van der Waals surface area contributed by atoms with Gasteiger partial charge in [0.1, 0.15) is 7.85 Å². The van der Waals surface area contributed by atoms with Crippen LogP contribution in [0.1, 0.15) is 6.42 Å². The largest absolute Gasteiger partial charge is 0.399 e. The molecule has 8 heavy (non-hydrogen) atoms. The maximum absolute atomic E-state index is 5.47. The average Bonchev–Trinajstić information content (AvgIpc) is 1.77. The fraction of sp³-hybridized carbons (Fsp3) is 0.333. The molecule has 0 aromatic rings. The number of hydrogen-bond donors (Lipinski definition) is 1. The molecule has 2 heteroatoms. The van der Waals surface area contributed by atoms with Gasteiger partial charge in [-0.2, -0.15) is 0 Å². The highest BCUT2D eigenvalue weighted by Crippen LogP contribution is 2.14. The van der Waals surface area contributed by atoms with E-state index in [0.29, 0.717) is 5.82 Å². The van der Waals surface area contributed by atoms with E-state index in [0.717, 1.165) is 12.1 Å². The highest BCUT2D eigenvalue weighted by atomic mass is 14.6. The minimum Gasteiger partial charge on any atom is -0.399 e. The quantitative estimate of drug-likeness (QED) is 0.440. The van der Waals surface area contributed by atoms with Gasteiger partial charge in [-0.3, -0.25) is 0 Å². The highest BCUT2D eigenvalue weighted by molar-refractivity contribution is 6.13. The topological polar surface area (TPSA) is 26.0 Å². The first-order chi connectivity index (χ1) is 3.79. The van der Waals surface area contributed by atoms with Crippen LogP contribution in [-0.2, 0) is 0 Å². The van der Waals surface area contributed by atoms with Crippen molar-refractivity contribution >= 4 is 7.85 Å². The standard InChI is InChI=1S/C6H10BN/c7-5-1-3-6(8)4-2-5/h1,3-5H,2,7-8H2. The summed E-state index contributed by atoms with van der Waals surface area (Å²) in [5.74, 6) is 0.683. The fourth-order valence-corrected chi connectivity index (χ4v) is 0.744. The van der Waals surface area contributed by atoms with Crippen LogP contribution in [0.4, 0.5) is 0 Å². The molecular weight excluding hydrogens is 96.9 g/mol. The molecule has 1 nitrogen and oxygen atoms in total. The predicted octanol–water partition coefficient (Wildman–Crippen LogP) is 0.211. The van der Waals surface area contributed by atoms with Gasteiger partial charge < -0.3 is 5.73 Å². The summed E-state index contributed by atoms with van der Waals surface area (Å²) < 4.78 is 0. The van der Waals surface area contributed by atoms with E-state index in [9.17, 15) is 0 Å². The Balaban J connectivity index is 2.58. The molecule has 1 rings (SSSR count). The Kier molecular flexibility index (Phi) is 1.42. The van der Waals surface area contributed by atoms with E-state index in [1.54, 1.807) is 0 Å². The maximum Gasteiger partial charge on any atom is 0.110 e. The maximum atomic E-state index is 5.47. The third-order valence-corrected chi connectivity index (χ3v) is 1.34. The Morgan fingerprint density at radius 3 is 2.88 bits per heavy atom. The summed E-state index contributed by atoms with van der Waals surface area (Å²) in [6.07, 6.45) is 7.26. The lowest BCUT2D eigenvalue weighted by Gasteiger charge is -2.06. The lowest BCUT2D eigenvalue weighted by molar-refractivity contribution is 1.00. The molecule has 0 aromatic carbocycles. The smallest absolute Gasteiger partial charge is 0.110 e. The highest BCUT2D eigenvalue weighted by Gasteiger charge is 1.98. The Morgan fingerprint density at radius 1 is 1.75 bits per heavy atom. The summed E-state index contributed by atoms with van der Waals surface area (Å²) in [7, 11) is 2.18. The minimum absolute atomic E-state index is 0.683. The van der Waals surface area contributed by atoms with Crippen molar-refractivity contribution < 1.29 is 0 Å². The molecular formula is C6H10BN. The Bertz CT molecular complexity index is 137. The van der Waals surface area contributed by atoms with Gasteiger partial charge in [0.2, 0.25) is 0 Å². The van der Waals surface area contributed by atoms with Crippen LogP contribution in [0.15, 0.2) is 23.9 Å². The summed E-state index contributed by atoms with van der Waals surface area (Å²) in [6.45, 7) is 0. The summed E-state index contributed by atoms with van der Waals surface area (Å²) in [4.78, 5) is 0. The van der Waals surface area contributed by atoms with Crippen LogP contribution in [0.2, 0.25) is 5.82 Å². The van der Waals surface area contributed by atoms with Gasteiger partial charge in [0.25, 0.3) is 0 Å². The Labute approximate surface area is 50.7 Å². The van der Waals surface area contributed by atoms with Crippen LogP contribution < -0.4 is 5.73 Å². The molecule has 0 bridgehead atoms. The average molecular weight is 107 g/mol. The minimum atomic E-state index is 0.683. The van der Waals surface area contributed by atoms with E-state index in [-0.39, 0.29) is 0 Å². The molecule has 1 aliphatic rings. The lowest BCUT2D eigenvalue weighted by Crippen LogP contribution is -1.99. The molecule has 0 heterocycles. The molecule has 0 amide bonds. The van der Waals surface area contributed by atoms with Crippen molar-refractivity contribution in [3.63, 3.8) is 0 Å². The fourth-order valence-electron chi connectivity index (χ4n) is 0.744. The van der Waals surface area contributed by atoms with Crippen LogP contribution in [0.3, 0.4) is 0 Å². The van der Waals surface area contributed by atoms with Crippen LogP contribution >= 0.6 is 0 Å². The SMILES string of the molecule is BC1C=CC(N)=CC1. The van der Waals surface area contributed by atoms with Crippen molar-refractivity contribution in [2.24, 2.45) is 5.73 Å². The van der Waals surface area contributed by atoms with Gasteiger partial charge in [-0.25, -0.2) is 0 Å². The lowest BCUT2D eigenvalue weighted by atomic mass is 9.82. The summed E-state index contributed by atoms with van der Waals surface area (Å²) >= 11 is 0. The van der Waals surface area contributed by atoms with E-state index in [1.165, 1.54) is 0 Å². The second kappa shape index (κ2) is 2.08. The second-order valence-corrected chi connectivity index (χ2v) is 2.28. The van der Waals surface area contributed by atoms with Crippen molar-refractivity contribution in [3.05, 3.63) is 23.9 Å². The van der Waals surface area contributed by atoms with Crippen molar-refractivity contribution in [2.45, 2.75) is 12.2 Å². The predicted molar refractivity (Wildman–Crippen MR) is 38.3 cm³/mol. The molecule has 0 aliphatic heterocycles. The van der Waals surface area contributed by atoms with Crippen molar-refractivity contribution in [1.29, 1.82) is 0 Å². The van der Waals surface area contributed by atoms with Crippen LogP contribution in [0.25, 0.3) is 0 Å². The van der Waals surface area contributed by atoms with E-state index in [1.807, 2.05) is 6.08 Å². The van der Waals surface area contributed by atoms with E-state index < -0.39 is 0 Å². The van der Waals surface area contributed by atoms with E-state index >= 15 is 0 Å². The Morgan fingerprint density at radius 2 is 2.50 bits per heavy atom.